The van der Waals surface area contributed by atoms with E-state index >= 15 is 0 Å². The predicted octanol–water partition coefficient (Wildman–Crippen LogP) is 4.82. The average molecular weight is 443 g/mol. The summed E-state index contributed by atoms with van der Waals surface area (Å²) in [6, 6.07) is 11.0. The first-order chi connectivity index (χ1) is 15.0. The average Bonchev–Trinajstić information content (AvgIpc) is 3.31. The first-order valence-corrected chi connectivity index (χ1v) is 10.6. The highest BCUT2D eigenvalue weighted by Gasteiger charge is 2.22. The van der Waals surface area contributed by atoms with Crippen molar-refractivity contribution in [2.24, 2.45) is 5.92 Å². The number of amides is 2. The van der Waals surface area contributed by atoms with Gasteiger partial charge in [0.05, 0.1) is 19.2 Å². The van der Waals surface area contributed by atoms with E-state index in [1.165, 1.54) is 20.3 Å². The number of halogens is 1. The molecule has 1 aliphatic rings. The van der Waals surface area contributed by atoms with Crippen molar-refractivity contribution in [2.45, 2.75) is 32.2 Å². The van der Waals surface area contributed by atoms with Crippen LogP contribution in [-0.4, -0.2) is 26.0 Å². The van der Waals surface area contributed by atoms with Gasteiger partial charge in [0.1, 0.15) is 0 Å². The first-order valence-electron chi connectivity index (χ1n) is 10.3. The van der Waals surface area contributed by atoms with E-state index in [1.807, 2.05) is 24.3 Å². The summed E-state index contributed by atoms with van der Waals surface area (Å²) in [5.41, 5.74) is 2.37. The SMILES string of the molecule is COc1cc(/C=C/C(=O)NCc2cccc(NC(=O)C3CCCC3)c2)cc(Cl)c1OC. The molecular weight excluding hydrogens is 416 g/mol. The maximum absolute atomic E-state index is 12.3. The number of benzene rings is 2. The molecule has 2 N–H and O–H groups in total. The Morgan fingerprint density at radius 1 is 1.13 bits per heavy atom. The summed E-state index contributed by atoms with van der Waals surface area (Å²) in [7, 11) is 3.04. The third-order valence-electron chi connectivity index (χ3n) is 5.27. The zero-order valence-corrected chi connectivity index (χ0v) is 18.5. The second-order valence-electron chi connectivity index (χ2n) is 7.46. The van der Waals surface area contributed by atoms with Crippen molar-refractivity contribution in [3.05, 3.63) is 58.6 Å². The van der Waals surface area contributed by atoms with Gasteiger partial charge in [-0.15, -0.1) is 0 Å². The summed E-state index contributed by atoms with van der Waals surface area (Å²) in [4.78, 5) is 24.5. The zero-order valence-electron chi connectivity index (χ0n) is 17.7. The minimum atomic E-state index is -0.244. The monoisotopic (exact) mass is 442 g/mol. The number of hydrogen-bond donors (Lipinski definition) is 2. The van der Waals surface area contributed by atoms with Crippen LogP contribution in [0.1, 0.15) is 36.8 Å². The second-order valence-corrected chi connectivity index (χ2v) is 7.87. The van der Waals surface area contributed by atoms with Crippen LogP contribution in [0, 0.1) is 5.92 Å². The molecule has 164 valence electrons. The first kappa shape index (κ1) is 22.7. The minimum Gasteiger partial charge on any atom is -0.493 e. The number of hydrogen-bond acceptors (Lipinski definition) is 4. The summed E-state index contributed by atoms with van der Waals surface area (Å²) >= 11 is 6.19. The van der Waals surface area contributed by atoms with E-state index in [4.69, 9.17) is 21.1 Å². The molecule has 0 spiro atoms. The third-order valence-corrected chi connectivity index (χ3v) is 5.55. The lowest BCUT2D eigenvalue weighted by Crippen LogP contribution is -2.21. The third kappa shape index (κ3) is 6.25. The molecule has 0 bridgehead atoms. The van der Waals surface area contributed by atoms with E-state index in [0.717, 1.165) is 42.5 Å². The van der Waals surface area contributed by atoms with Gasteiger partial charge in [-0.1, -0.05) is 36.6 Å². The van der Waals surface area contributed by atoms with E-state index in [0.29, 0.717) is 23.1 Å². The Balaban J connectivity index is 1.56. The summed E-state index contributed by atoms with van der Waals surface area (Å²) in [5, 5.41) is 6.23. The minimum absolute atomic E-state index is 0.0789. The van der Waals surface area contributed by atoms with E-state index < -0.39 is 0 Å². The number of nitrogens with one attached hydrogen (secondary N) is 2. The number of carbonyl (C=O) groups excluding carboxylic acids is 2. The highest BCUT2D eigenvalue weighted by molar-refractivity contribution is 6.32. The summed E-state index contributed by atoms with van der Waals surface area (Å²) < 4.78 is 10.5. The summed E-state index contributed by atoms with van der Waals surface area (Å²) in [5.74, 6) is 0.886. The Hall–Kier alpha value is -2.99. The lowest BCUT2D eigenvalue weighted by atomic mass is 10.1. The van der Waals surface area contributed by atoms with Crippen LogP contribution >= 0.6 is 11.6 Å². The molecule has 0 saturated heterocycles. The number of methoxy groups -OCH3 is 2. The van der Waals surface area contributed by atoms with Gasteiger partial charge in [-0.05, 0) is 54.3 Å². The van der Waals surface area contributed by atoms with Crippen molar-refractivity contribution >= 4 is 35.2 Å². The molecule has 0 radical (unpaired) electrons. The Bertz CT molecular complexity index is 968. The molecule has 1 aliphatic carbocycles. The molecule has 3 rings (SSSR count). The lowest BCUT2D eigenvalue weighted by Gasteiger charge is -2.11. The topological polar surface area (TPSA) is 76.7 Å². The molecule has 0 atom stereocenters. The van der Waals surface area contributed by atoms with Crippen molar-refractivity contribution in [3.63, 3.8) is 0 Å². The molecule has 31 heavy (non-hydrogen) atoms. The normalized spacial score (nSPS) is 13.9. The van der Waals surface area contributed by atoms with E-state index in [1.54, 1.807) is 18.2 Å². The Kier molecular flexibility index (Phi) is 7.95. The molecule has 0 aliphatic heterocycles. The van der Waals surface area contributed by atoms with Crippen LogP contribution in [0.15, 0.2) is 42.5 Å². The number of rotatable bonds is 8. The number of anilines is 1. The molecule has 2 amide bonds. The van der Waals surface area contributed by atoms with Crippen LogP contribution < -0.4 is 20.1 Å². The van der Waals surface area contributed by atoms with Crippen LogP contribution in [0.25, 0.3) is 6.08 Å². The smallest absolute Gasteiger partial charge is 0.244 e. The predicted molar refractivity (Wildman–Crippen MR) is 122 cm³/mol. The van der Waals surface area contributed by atoms with Crippen molar-refractivity contribution in [3.8, 4) is 11.5 Å². The number of carbonyl (C=O) groups is 2. The van der Waals surface area contributed by atoms with Gasteiger partial charge < -0.3 is 20.1 Å². The number of ether oxygens (including phenoxy) is 2. The van der Waals surface area contributed by atoms with E-state index in [2.05, 4.69) is 10.6 Å². The van der Waals surface area contributed by atoms with Gasteiger partial charge in [-0.25, -0.2) is 0 Å². The Labute approximate surface area is 187 Å². The molecule has 0 aromatic heterocycles. The summed E-state index contributed by atoms with van der Waals surface area (Å²) in [6.45, 7) is 0.350. The molecule has 7 heteroatoms. The zero-order chi connectivity index (χ0) is 22.2. The van der Waals surface area contributed by atoms with E-state index in [-0.39, 0.29) is 17.7 Å². The van der Waals surface area contributed by atoms with Gasteiger partial charge >= 0.3 is 0 Å². The van der Waals surface area contributed by atoms with Gasteiger partial charge in [0, 0.05) is 24.2 Å². The molecule has 1 saturated carbocycles. The highest BCUT2D eigenvalue weighted by atomic mass is 35.5. The standard InChI is InChI=1S/C24H27ClN2O4/c1-30-21-14-16(13-20(25)23(21)31-2)10-11-22(28)26-15-17-6-5-9-19(12-17)27-24(29)18-7-3-4-8-18/h5-6,9-14,18H,3-4,7-8,15H2,1-2H3,(H,26,28)(H,27,29)/b11-10+. The lowest BCUT2D eigenvalue weighted by molar-refractivity contribution is -0.119. The van der Waals surface area contributed by atoms with Gasteiger partial charge in [0.15, 0.2) is 11.5 Å². The fourth-order valence-corrected chi connectivity index (χ4v) is 3.94. The fraction of sp³-hybridized carbons (Fsp3) is 0.333. The van der Waals surface area contributed by atoms with Crippen molar-refractivity contribution in [1.82, 2.24) is 5.32 Å². The maximum atomic E-state index is 12.3. The largest absolute Gasteiger partial charge is 0.493 e. The van der Waals surface area contributed by atoms with Crippen LogP contribution in [0.3, 0.4) is 0 Å². The van der Waals surface area contributed by atoms with Crippen LogP contribution in [-0.2, 0) is 16.1 Å². The molecule has 0 heterocycles. The molecule has 2 aromatic carbocycles. The fourth-order valence-electron chi connectivity index (χ4n) is 3.65. The summed E-state index contributed by atoms with van der Waals surface area (Å²) in [6.07, 6.45) is 7.24. The van der Waals surface area contributed by atoms with Crippen molar-refractivity contribution < 1.29 is 19.1 Å². The van der Waals surface area contributed by atoms with Crippen molar-refractivity contribution in [2.75, 3.05) is 19.5 Å². The Morgan fingerprint density at radius 3 is 2.61 bits per heavy atom. The molecule has 2 aromatic rings. The van der Waals surface area contributed by atoms with Gasteiger partial charge in [-0.2, -0.15) is 0 Å². The quantitative estimate of drug-likeness (QED) is 0.575. The molecule has 6 nitrogen and oxygen atoms in total. The van der Waals surface area contributed by atoms with Crippen LogP contribution in [0.5, 0.6) is 11.5 Å². The van der Waals surface area contributed by atoms with E-state index in [9.17, 15) is 9.59 Å². The van der Waals surface area contributed by atoms with Gasteiger partial charge in [0.2, 0.25) is 11.8 Å². The van der Waals surface area contributed by atoms with Gasteiger partial charge in [0.25, 0.3) is 0 Å². The van der Waals surface area contributed by atoms with Gasteiger partial charge in [-0.3, -0.25) is 9.59 Å². The van der Waals surface area contributed by atoms with Crippen LogP contribution in [0.4, 0.5) is 5.69 Å². The molecule has 0 unspecified atom stereocenters. The van der Waals surface area contributed by atoms with Crippen molar-refractivity contribution in [1.29, 1.82) is 0 Å². The maximum Gasteiger partial charge on any atom is 0.244 e. The highest BCUT2D eigenvalue weighted by Crippen LogP contribution is 2.36. The molecule has 1 fully saturated rings. The second kappa shape index (κ2) is 10.9. The van der Waals surface area contributed by atoms with Crippen LogP contribution in [0.2, 0.25) is 5.02 Å². The Morgan fingerprint density at radius 2 is 1.90 bits per heavy atom. The molecular formula is C24H27ClN2O4.